The van der Waals surface area contributed by atoms with E-state index in [1.807, 2.05) is 27.8 Å². The van der Waals surface area contributed by atoms with Crippen LogP contribution >= 0.6 is 22.9 Å². The third kappa shape index (κ3) is 4.63. The maximum absolute atomic E-state index is 11.8. The number of amides is 1. The van der Waals surface area contributed by atoms with Crippen LogP contribution in [-0.4, -0.2) is 60.8 Å². The van der Waals surface area contributed by atoms with Crippen molar-refractivity contribution in [3.05, 3.63) is 0 Å². The Kier molecular flexibility index (Phi) is 6.43. The van der Waals surface area contributed by atoms with Crippen molar-refractivity contribution in [3.63, 3.8) is 0 Å². The number of carbonyl (C=O) groups excluding carboxylic acids is 2. The highest BCUT2D eigenvalue weighted by Gasteiger charge is 2.35. The minimum atomic E-state index is 0.208. The number of hydrogen-bond acceptors (Lipinski definition) is 4. The van der Waals surface area contributed by atoms with Crippen LogP contribution in [0.25, 0.3) is 0 Å². The number of likely N-dealkylation sites (tertiary alicyclic amines) is 1. The highest BCUT2D eigenvalue weighted by molar-refractivity contribution is 14.1. The first-order valence-electron chi connectivity index (χ1n) is 7.83. The molecule has 5 nitrogen and oxygen atoms in total. The predicted molar refractivity (Wildman–Crippen MR) is 91.1 cm³/mol. The van der Waals surface area contributed by atoms with Gasteiger partial charge in [0.1, 0.15) is 5.78 Å². The summed E-state index contributed by atoms with van der Waals surface area (Å²) in [5.41, 5.74) is 0. The summed E-state index contributed by atoms with van der Waals surface area (Å²) in [6.07, 6.45) is 4.26. The summed E-state index contributed by atoms with van der Waals surface area (Å²) < 4.78 is 2.89. The monoisotopic (exact) mass is 407 g/mol. The van der Waals surface area contributed by atoms with E-state index in [1.54, 1.807) is 6.92 Å². The Balaban J connectivity index is 1.67. The Morgan fingerprint density at radius 3 is 2.43 bits per heavy atom. The van der Waals surface area contributed by atoms with E-state index in [1.165, 1.54) is 0 Å². The molecule has 0 bridgehead atoms. The van der Waals surface area contributed by atoms with Gasteiger partial charge in [-0.25, -0.2) is 0 Å². The fourth-order valence-electron chi connectivity index (χ4n) is 3.37. The number of ketones is 1. The topological polar surface area (TPSA) is 52.7 Å². The van der Waals surface area contributed by atoms with Crippen molar-refractivity contribution in [1.29, 1.82) is 0 Å². The number of halogens is 1. The smallest absolute Gasteiger partial charge is 0.237 e. The Labute approximate surface area is 141 Å². The van der Waals surface area contributed by atoms with Gasteiger partial charge in [0.05, 0.1) is 6.54 Å². The third-order valence-electron chi connectivity index (χ3n) is 5.04. The lowest BCUT2D eigenvalue weighted by Crippen LogP contribution is -2.48. The van der Waals surface area contributed by atoms with Gasteiger partial charge in [0, 0.05) is 54.5 Å². The second-order valence-corrected chi connectivity index (χ2v) is 7.27. The van der Waals surface area contributed by atoms with Crippen LogP contribution in [0.3, 0.4) is 0 Å². The first kappa shape index (κ1) is 17.1. The molecule has 1 heterocycles. The summed E-state index contributed by atoms with van der Waals surface area (Å²) in [4.78, 5) is 27.5. The van der Waals surface area contributed by atoms with Gasteiger partial charge in [-0.1, -0.05) is 0 Å². The summed E-state index contributed by atoms with van der Waals surface area (Å²) in [5, 5.41) is 0. The molecule has 1 saturated carbocycles. The van der Waals surface area contributed by atoms with E-state index in [9.17, 15) is 9.59 Å². The molecule has 6 heteroatoms. The van der Waals surface area contributed by atoms with Gasteiger partial charge in [0.2, 0.25) is 5.91 Å². The normalized spacial score (nSPS) is 26.8. The van der Waals surface area contributed by atoms with Crippen molar-refractivity contribution in [2.75, 3.05) is 33.2 Å². The van der Waals surface area contributed by atoms with E-state index in [0.29, 0.717) is 30.2 Å². The quantitative estimate of drug-likeness (QED) is 0.535. The van der Waals surface area contributed by atoms with E-state index in [4.69, 9.17) is 0 Å². The van der Waals surface area contributed by atoms with E-state index in [2.05, 4.69) is 15.5 Å². The standard InChI is InChI=1S/C15H26IN3O2/c1-11(20)13-7-14(8-13)18(2)10-12-3-5-19(6-4-12)15(21)9-17-16/h12-14,17H,3-10H2,1-2H3. The van der Waals surface area contributed by atoms with Gasteiger partial charge >= 0.3 is 0 Å². The number of carbonyl (C=O) groups is 2. The van der Waals surface area contributed by atoms with E-state index >= 15 is 0 Å². The maximum Gasteiger partial charge on any atom is 0.237 e. The molecule has 0 aromatic rings. The first-order chi connectivity index (χ1) is 10.0. The summed E-state index contributed by atoms with van der Waals surface area (Å²) in [6, 6.07) is 0.585. The molecule has 2 fully saturated rings. The molecule has 21 heavy (non-hydrogen) atoms. The van der Waals surface area contributed by atoms with Crippen LogP contribution in [0.15, 0.2) is 0 Å². The lowest BCUT2D eigenvalue weighted by molar-refractivity contribution is -0.131. The summed E-state index contributed by atoms with van der Waals surface area (Å²) >= 11 is 2.01. The lowest BCUT2D eigenvalue weighted by Gasteiger charge is -2.42. The van der Waals surface area contributed by atoms with E-state index in [0.717, 1.165) is 45.3 Å². The van der Waals surface area contributed by atoms with Gasteiger partial charge in [-0.05, 0) is 45.6 Å². The van der Waals surface area contributed by atoms with E-state index in [-0.39, 0.29) is 5.91 Å². The zero-order valence-corrected chi connectivity index (χ0v) is 15.1. The van der Waals surface area contributed by atoms with Crippen LogP contribution < -0.4 is 3.53 Å². The summed E-state index contributed by atoms with van der Waals surface area (Å²) in [7, 11) is 2.18. The van der Waals surface area contributed by atoms with Gasteiger partial charge in [-0.15, -0.1) is 0 Å². The summed E-state index contributed by atoms with van der Waals surface area (Å²) in [5.74, 6) is 1.54. The third-order valence-corrected chi connectivity index (χ3v) is 5.42. The molecule has 2 rings (SSSR count). The molecule has 1 aliphatic carbocycles. The van der Waals surface area contributed by atoms with Crippen LogP contribution in [-0.2, 0) is 9.59 Å². The number of hydrogen-bond donors (Lipinski definition) is 1. The molecular formula is C15H26IN3O2. The average Bonchev–Trinajstić information content (AvgIpc) is 2.37. The fourth-order valence-corrected chi connectivity index (χ4v) is 3.70. The fraction of sp³-hybridized carbons (Fsp3) is 0.867. The van der Waals surface area contributed by atoms with Crippen LogP contribution in [0.5, 0.6) is 0 Å². The number of nitrogens with zero attached hydrogens (tertiary/aromatic N) is 2. The molecule has 1 amide bonds. The second kappa shape index (κ2) is 7.87. The van der Waals surface area contributed by atoms with Crippen LogP contribution in [0, 0.1) is 11.8 Å². The van der Waals surface area contributed by atoms with Crippen molar-refractivity contribution in [2.24, 2.45) is 11.8 Å². The molecule has 0 aromatic carbocycles. The summed E-state index contributed by atoms with van der Waals surface area (Å²) in [6.45, 7) is 5.01. The van der Waals surface area contributed by atoms with Crippen molar-refractivity contribution < 1.29 is 9.59 Å². The van der Waals surface area contributed by atoms with Gasteiger partial charge in [-0.2, -0.15) is 0 Å². The minimum Gasteiger partial charge on any atom is -0.342 e. The minimum absolute atomic E-state index is 0.208. The molecule has 0 unspecified atom stereocenters. The molecule has 1 saturated heterocycles. The maximum atomic E-state index is 11.8. The highest BCUT2D eigenvalue weighted by Crippen LogP contribution is 2.32. The molecule has 0 atom stereocenters. The Morgan fingerprint density at radius 2 is 1.90 bits per heavy atom. The van der Waals surface area contributed by atoms with Crippen molar-refractivity contribution >= 4 is 34.6 Å². The predicted octanol–water partition coefficient (Wildman–Crippen LogP) is 1.46. The number of rotatable bonds is 6. The molecular weight excluding hydrogens is 381 g/mol. The Bertz CT molecular complexity index is 377. The zero-order chi connectivity index (χ0) is 15.4. The van der Waals surface area contributed by atoms with Crippen molar-refractivity contribution in [1.82, 2.24) is 13.3 Å². The zero-order valence-electron chi connectivity index (χ0n) is 13.0. The Hall–Kier alpha value is -0.210. The van der Waals surface area contributed by atoms with Crippen LogP contribution in [0.4, 0.5) is 0 Å². The van der Waals surface area contributed by atoms with Crippen molar-refractivity contribution in [3.8, 4) is 0 Å². The number of piperidine rings is 1. The molecule has 1 aliphatic heterocycles. The number of nitrogens with one attached hydrogen (secondary N) is 1. The van der Waals surface area contributed by atoms with Gasteiger partial charge < -0.3 is 9.80 Å². The van der Waals surface area contributed by atoms with Crippen LogP contribution in [0.1, 0.15) is 32.6 Å². The highest BCUT2D eigenvalue weighted by atomic mass is 127. The molecule has 120 valence electrons. The number of Topliss-reactive ketones (excluding diaryl/α,β-unsaturated/α-hetero) is 1. The van der Waals surface area contributed by atoms with Gasteiger partial charge in [0.15, 0.2) is 0 Å². The average molecular weight is 407 g/mol. The molecule has 0 radical (unpaired) electrons. The molecule has 0 spiro atoms. The van der Waals surface area contributed by atoms with Crippen molar-refractivity contribution in [2.45, 2.75) is 38.6 Å². The SMILES string of the molecule is CC(=O)C1CC(N(C)CC2CCN(C(=O)CNI)CC2)C1. The molecule has 0 aromatic heterocycles. The largest absolute Gasteiger partial charge is 0.342 e. The lowest BCUT2D eigenvalue weighted by atomic mass is 9.77. The Morgan fingerprint density at radius 1 is 1.29 bits per heavy atom. The van der Waals surface area contributed by atoms with E-state index < -0.39 is 0 Å². The first-order valence-corrected chi connectivity index (χ1v) is 8.91. The van der Waals surface area contributed by atoms with Gasteiger partial charge in [0.25, 0.3) is 0 Å². The molecule has 1 N–H and O–H groups in total. The second-order valence-electron chi connectivity index (χ2n) is 6.51. The van der Waals surface area contributed by atoms with Crippen LogP contribution in [0.2, 0.25) is 0 Å². The van der Waals surface area contributed by atoms with Gasteiger partial charge in [-0.3, -0.25) is 13.1 Å². The molecule has 2 aliphatic rings.